The molecule has 10 heteroatoms. The largest absolute Gasteiger partial charge is 0.417 e. The molecule has 0 aliphatic heterocycles. The number of hydrogen-bond acceptors (Lipinski definition) is 5. The van der Waals surface area contributed by atoms with Crippen molar-refractivity contribution in [3.05, 3.63) is 72.2 Å². The topological polar surface area (TPSA) is 72.7 Å². The summed E-state index contributed by atoms with van der Waals surface area (Å²) in [6.45, 7) is 0. The van der Waals surface area contributed by atoms with Crippen molar-refractivity contribution in [1.29, 1.82) is 0 Å². The van der Waals surface area contributed by atoms with Crippen LogP contribution in [0.5, 0.6) is 0 Å². The molecular weight excluding hydrogens is 415 g/mol. The first kappa shape index (κ1) is 19.9. The minimum absolute atomic E-state index is 0.118. The number of nitrogens with zero attached hydrogens (tertiary/aromatic N) is 4. The predicted molar refractivity (Wildman–Crippen MR) is 106 cm³/mol. The smallest absolute Gasteiger partial charge is 0.322 e. The maximum absolute atomic E-state index is 13.7. The molecule has 0 radical (unpaired) electrons. The number of anilines is 1. The number of alkyl halides is 3. The molecule has 0 unspecified atom stereocenters. The van der Waals surface area contributed by atoms with E-state index in [0.29, 0.717) is 10.8 Å². The van der Waals surface area contributed by atoms with Gasteiger partial charge in [0.15, 0.2) is 5.16 Å². The third-order valence-electron chi connectivity index (χ3n) is 4.29. The van der Waals surface area contributed by atoms with Gasteiger partial charge in [0.05, 0.1) is 16.6 Å². The molecule has 0 fully saturated rings. The fourth-order valence-corrected chi connectivity index (χ4v) is 3.66. The van der Waals surface area contributed by atoms with E-state index in [2.05, 4.69) is 20.5 Å². The Labute approximate surface area is 173 Å². The number of fused-ring (bicyclic) bond motifs is 1. The van der Waals surface area contributed by atoms with Crippen LogP contribution >= 0.6 is 11.8 Å². The van der Waals surface area contributed by atoms with Crippen LogP contribution in [-0.2, 0) is 13.2 Å². The number of benzene rings is 2. The molecule has 1 amide bonds. The van der Waals surface area contributed by atoms with Crippen LogP contribution in [0.4, 0.5) is 18.9 Å². The maximum Gasteiger partial charge on any atom is 0.417 e. The molecular formula is C20H14F3N5OS. The second-order valence-corrected chi connectivity index (χ2v) is 7.41. The zero-order chi connectivity index (χ0) is 21.3. The number of aryl methyl sites for hydroxylation is 1. The average molecular weight is 429 g/mol. The number of hydrogen-bond donors (Lipinski definition) is 1. The lowest BCUT2D eigenvalue weighted by atomic mass is 10.0. The van der Waals surface area contributed by atoms with Crippen molar-refractivity contribution in [3.63, 3.8) is 0 Å². The van der Waals surface area contributed by atoms with E-state index in [4.69, 9.17) is 0 Å². The molecule has 1 N–H and O–H groups in total. The molecule has 2 heterocycles. The number of nitrogens with one attached hydrogen (secondary N) is 1. The summed E-state index contributed by atoms with van der Waals surface area (Å²) in [7, 11) is 1.81. The van der Waals surface area contributed by atoms with Crippen molar-refractivity contribution in [1.82, 2.24) is 19.7 Å². The van der Waals surface area contributed by atoms with Gasteiger partial charge in [-0.15, -0.1) is 10.2 Å². The van der Waals surface area contributed by atoms with Gasteiger partial charge in [0.2, 0.25) is 0 Å². The summed E-state index contributed by atoms with van der Waals surface area (Å²) in [5.74, 6) is -0.880. The van der Waals surface area contributed by atoms with Crippen LogP contribution in [0.3, 0.4) is 0 Å². The highest BCUT2D eigenvalue weighted by atomic mass is 32.2. The first-order valence-corrected chi connectivity index (χ1v) is 9.53. The van der Waals surface area contributed by atoms with E-state index in [9.17, 15) is 18.0 Å². The highest BCUT2D eigenvalue weighted by Gasteiger charge is 2.37. The molecule has 4 aromatic rings. The number of aromatic nitrogens is 4. The van der Waals surface area contributed by atoms with E-state index in [-0.39, 0.29) is 10.9 Å². The first-order chi connectivity index (χ1) is 14.3. The fraction of sp³-hybridized carbons (Fsp3) is 0.100. The summed E-state index contributed by atoms with van der Waals surface area (Å²) in [6, 6.07) is 12.5. The SMILES string of the molecule is Cn1cnnc1Sc1ccc(NC(=O)c2cnc3ccccc3c2C(F)(F)F)cc1. The Morgan fingerprint density at radius 1 is 1.10 bits per heavy atom. The molecule has 0 aliphatic rings. The number of para-hydroxylation sites is 1. The summed E-state index contributed by atoms with van der Waals surface area (Å²) < 4.78 is 42.9. The van der Waals surface area contributed by atoms with Crippen LogP contribution in [0.1, 0.15) is 15.9 Å². The lowest BCUT2D eigenvalue weighted by molar-refractivity contribution is -0.136. The summed E-state index contributed by atoms with van der Waals surface area (Å²) >= 11 is 1.37. The van der Waals surface area contributed by atoms with E-state index in [0.717, 1.165) is 11.1 Å². The number of halogens is 3. The van der Waals surface area contributed by atoms with E-state index in [1.807, 2.05) is 7.05 Å². The van der Waals surface area contributed by atoms with Crippen LogP contribution < -0.4 is 5.32 Å². The van der Waals surface area contributed by atoms with Crippen LogP contribution in [-0.4, -0.2) is 25.7 Å². The Balaban J connectivity index is 1.60. The Morgan fingerprint density at radius 2 is 1.83 bits per heavy atom. The van der Waals surface area contributed by atoms with Gasteiger partial charge in [0.1, 0.15) is 6.33 Å². The normalized spacial score (nSPS) is 11.6. The highest BCUT2D eigenvalue weighted by Crippen LogP contribution is 2.37. The number of rotatable bonds is 4. The minimum Gasteiger partial charge on any atom is -0.322 e. The van der Waals surface area contributed by atoms with Gasteiger partial charge in [-0.1, -0.05) is 18.2 Å². The van der Waals surface area contributed by atoms with E-state index in [1.54, 1.807) is 41.2 Å². The van der Waals surface area contributed by atoms with Gasteiger partial charge in [0, 0.05) is 29.2 Å². The number of carbonyl (C=O) groups is 1. The lowest BCUT2D eigenvalue weighted by Crippen LogP contribution is -2.19. The number of pyridine rings is 1. The molecule has 0 saturated heterocycles. The molecule has 152 valence electrons. The summed E-state index contributed by atoms with van der Waals surface area (Å²) in [4.78, 5) is 17.5. The van der Waals surface area contributed by atoms with Crippen LogP contribution in [0.2, 0.25) is 0 Å². The van der Waals surface area contributed by atoms with Crippen molar-refractivity contribution in [3.8, 4) is 0 Å². The van der Waals surface area contributed by atoms with Crippen molar-refractivity contribution < 1.29 is 18.0 Å². The lowest BCUT2D eigenvalue weighted by Gasteiger charge is -2.15. The molecule has 0 aliphatic carbocycles. The van der Waals surface area contributed by atoms with Crippen LogP contribution in [0, 0.1) is 0 Å². The van der Waals surface area contributed by atoms with Gasteiger partial charge in [-0.2, -0.15) is 13.2 Å². The molecule has 2 aromatic heterocycles. The molecule has 0 atom stereocenters. The van der Waals surface area contributed by atoms with E-state index in [1.165, 1.54) is 30.0 Å². The fourth-order valence-electron chi connectivity index (χ4n) is 2.89. The maximum atomic E-state index is 13.7. The van der Waals surface area contributed by atoms with Crippen molar-refractivity contribution in [2.75, 3.05) is 5.32 Å². The van der Waals surface area contributed by atoms with Crippen molar-refractivity contribution >= 4 is 34.3 Å². The summed E-state index contributed by atoms with van der Waals surface area (Å²) in [5.41, 5.74) is -0.992. The molecule has 0 bridgehead atoms. The van der Waals surface area contributed by atoms with Gasteiger partial charge >= 0.3 is 6.18 Å². The van der Waals surface area contributed by atoms with Crippen LogP contribution in [0.25, 0.3) is 10.9 Å². The number of amides is 1. The summed E-state index contributed by atoms with van der Waals surface area (Å²) in [5, 5.41) is 10.8. The second-order valence-electron chi connectivity index (χ2n) is 6.37. The Hall–Kier alpha value is -3.40. The average Bonchev–Trinajstić information content (AvgIpc) is 3.12. The van der Waals surface area contributed by atoms with E-state index >= 15 is 0 Å². The van der Waals surface area contributed by atoms with Gasteiger partial charge in [-0.05, 0) is 42.1 Å². The quantitative estimate of drug-likeness (QED) is 0.505. The molecule has 0 spiro atoms. The molecule has 6 nitrogen and oxygen atoms in total. The Kier molecular flexibility index (Phi) is 5.17. The zero-order valence-electron chi connectivity index (χ0n) is 15.5. The van der Waals surface area contributed by atoms with Crippen molar-refractivity contribution in [2.45, 2.75) is 16.2 Å². The van der Waals surface area contributed by atoms with Gasteiger partial charge in [0.25, 0.3) is 5.91 Å². The van der Waals surface area contributed by atoms with Crippen molar-refractivity contribution in [2.24, 2.45) is 7.05 Å². The zero-order valence-corrected chi connectivity index (χ0v) is 16.3. The molecule has 30 heavy (non-hydrogen) atoms. The van der Waals surface area contributed by atoms with Gasteiger partial charge < -0.3 is 9.88 Å². The standard InChI is InChI=1S/C20H14F3N5OS/c1-28-11-25-27-19(28)30-13-8-6-12(7-9-13)26-18(29)15-10-24-16-5-3-2-4-14(16)17(15)20(21,22)23/h2-11H,1H3,(H,26,29). The second kappa shape index (κ2) is 7.79. The van der Waals surface area contributed by atoms with E-state index < -0.39 is 23.2 Å². The Bertz CT molecular complexity index is 1220. The first-order valence-electron chi connectivity index (χ1n) is 8.71. The summed E-state index contributed by atoms with van der Waals surface area (Å²) in [6.07, 6.45) is -2.17. The Morgan fingerprint density at radius 3 is 2.50 bits per heavy atom. The third kappa shape index (κ3) is 3.99. The highest BCUT2D eigenvalue weighted by molar-refractivity contribution is 7.99. The minimum atomic E-state index is -4.70. The van der Waals surface area contributed by atoms with Gasteiger partial charge in [-0.25, -0.2) is 0 Å². The third-order valence-corrected chi connectivity index (χ3v) is 5.35. The van der Waals surface area contributed by atoms with Crippen LogP contribution in [0.15, 0.2) is 71.1 Å². The molecule has 0 saturated carbocycles. The number of carbonyl (C=O) groups excluding carboxylic acids is 1. The van der Waals surface area contributed by atoms with Gasteiger partial charge in [-0.3, -0.25) is 9.78 Å². The molecule has 4 rings (SSSR count). The monoisotopic (exact) mass is 429 g/mol. The predicted octanol–water partition coefficient (Wildman–Crippen LogP) is 4.79. The molecule has 2 aromatic carbocycles.